The number of amides is 2. The molecule has 3 rings (SSSR count). The summed E-state index contributed by atoms with van der Waals surface area (Å²) in [6, 6.07) is 15.5. The van der Waals surface area contributed by atoms with E-state index in [1.807, 2.05) is 36.4 Å². The van der Waals surface area contributed by atoms with Crippen molar-refractivity contribution in [3.63, 3.8) is 0 Å². The molecule has 2 amide bonds. The Labute approximate surface area is 157 Å². The fourth-order valence-electron chi connectivity index (χ4n) is 2.87. The Balaban J connectivity index is 1.87. The fraction of sp³-hybridized carbons (Fsp3) is 0.143. The van der Waals surface area contributed by atoms with E-state index in [-0.39, 0.29) is 12.3 Å². The van der Waals surface area contributed by atoms with Gasteiger partial charge in [-0.05, 0) is 29.8 Å². The molecule has 27 heavy (non-hydrogen) atoms. The lowest BCUT2D eigenvalue weighted by molar-refractivity contribution is -0.147. The molecule has 6 heteroatoms. The van der Waals surface area contributed by atoms with E-state index in [1.165, 1.54) is 6.08 Å². The van der Waals surface area contributed by atoms with Gasteiger partial charge in [-0.2, -0.15) is 0 Å². The Morgan fingerprint density at radius 3 is 2.59 bits per heavy atom. The molecule has 2 aromatic rings. The number of nitrogens with one attached hydrogen (secondary N) is 2. The summed E-state index contributed by atoms with van der Waals surface area (Å²) >= 11 is 0. The smallest absolute Gasteiger partial charge is 0.319 e. The molecular formula is C21H20N2O4. The first-order valence-corrected chi connectivity index (χ1v) is 8.45. The third-order valence-electron chi connectivity index (χ3n) is 4.06. The fourth-order valence-corrected chi connectivity index (χ4v) is 2.87. The number of carbonyl (C=O) groups excluding carboxylic acids is 2. The zero-order valence-electron chi connectivity index (χ0n) is 14.7. The van der Waals surface area contributed by atoms with Gasteiger partial charge in [-0.25, -0.2) is 4.79 Å². The van der Waals surface area contributed by atoms with Crippen molar-refractivity contribution in [2.75, 3.05) is 6.61 Å². The molecule has 1 aliphatic rings. The van der Waals surface area contributed by atoms with Crippen molar-refractivity contribution >= 4 is 12.0 Å². The largest absolute Gasteiger partial charge is 0.461 e. The van der Waals surface area contributed by atoms with Crippen LogP contribution in [0.5, 0.6) is 11.5 Å². The second-order valence-electron chi connectivity index (χ2n) is 5.99. The highest BCUT2D eigenvalue weighted by molar-refractivity contribution is 5.85. The number of para-hydroxylation sites is 1. The highest BCUT2D eigenvalue weighted by Gasteiger charge is 2.38. The van der Waals surface area contributed by atoms with Crippen LogP contribution in [0.25, 0.3) is 0 Å². The first-order chi connectivity index (χ1) is 13.1. The van der Waals surface area contributed by atoms with E-state index in [1.54, 1.807) is 18.2 Å². The predicted molar refractivity (Wildman–Crippen MR) is 101 cm³/mol. The van der Waals surface area contributed by atoms with Crippen LogP contribution in [0, 0.1) is 5.92 Å². The molecule has 2 N–H and O–H groups in total. The van der Waals surface area contributed by atoms with Gasteiger partial charge >= 0.3 is 12.0 Å². The number of hydrogen-bond acceptors (Lipinski definition) is 4. The van der Waals surface area contributed by atoms with E-state index in [9.17, 15) is 9.59 Å². The second-order valence-corrected chi connectivity index (χ2v) is 5.99. The van der Waals surface area contributed by atoms with Crippen molar-refractivity contribution in [2.24, 2.45) is 5.92 Å². The Bertz CT molecular complexity index is 863. The van der Waals surface area contributed by atoms with Crippen LogP contribution >= 0.6 is 0 Å². The van der Waals surface area contributed by atoms with Gasteiger partial charge in [0.25, 0.3) is 0 Å². The number of esters is 1. The molecule has 0 saturated carbocycles. The average molecular weight is 364 g/mol. The van der Waals surface area contributed by atoms with E-state index in [0.717, 1.165) is 0 Å². The summed E-state index contributed by atoms with van der Waals surface area (Å²) in [5.74, 6) is 0.0204. The molecule has 0 aromatic heterocycles. The highest BCUT2D eigenvalue weighted by atomic mass is 16.5. The SMILES string of the molecule is C=CCOC(=O)[C@@H]1C(=C)NC(=O)N[C@H]1c1cccc(Oc2ccccc2)c1. The topological polar surface area (TPSA) is 76.7 Å². The van der Waals surface area contributed by atoms with E-state index >= 15 is 0 Å². The van der Waals surface area contributed by atoms with Crippen molar-refractivity contribution in [1.29, 1.82) is 0 Å². The lowest BCUT2D eigenvalue weighted by atomic mass is 9.89. The summed E-state index contributed by atoms with van der Waals surface area (Å²) < 4.78 is 11.0. The van der Waals surface area contributed by atoms with E-state index in [0.29, 0.717) is 17.1 Å². The lowest BCUT2D eigenvalue weighted by Gasteiger charge is -2.33. The molecule has 2 atom stereocenters. The maximum atomic E-state index is 12.5. The second kappa shape index (κ2) is 8.23. The maximum Gasteiger partial charge on any atom is 0.319 e. The van der Waals surface area contributed by atoms with Crippen LogP contribution in [0.3, 0.4) is 0 Å². The number of benzene rings is 2. The minimum absolute atomic E-state index is 0.0838. The number of ether oxygens (including phenoxy) is 2. The van der Waals surface area contributed by atoms with Crippen LogP contribution < -0.4 is 15.4 Å². The van der Waals surface area contributed by atoms with Crippen LogP contribution in [-0.4, -0.2) is 18.6 Å². The first-order valence-electron chi connectivity index (χ1n) is 8.45. The summed E-state index contributed by atoms with van der Waals surface area (Å²) in [4.78, 5) is 24.4. The summed E-state index contributed by atoms with van der Waals surface area (Å²) in [6.45, 7) is 7.43. The molecule has 2 aromatic carbocycles. The van der Waals surface area contributed by atoms with Crippen LogP contribution in [0.15, 0.2) is 79.5 Å². The monoisotopic (exact) mass is 364 g/mol. The maximum absolute atomic E-state index is 12.5. The van der Waals surface area contributed by atoms with Crippen molar-refractivity contribution in [2.45, 2.75) is 6.04 Å². The highest BCUT2D eigenvalue weighted by Crippen LogP contribution is 2.33. The van der Waals surface area contributed by atoms with Gasteiger partial charge in [0.2, 0.25) is 0 Å². The molecule has 1 aliphatic heterocycles. The molecule has 6 nitrogen and oxygen atoms in total. The van der Waals surface area contributed by atoms with Crippen molar-refractivity contribution in [3.05, 3.63) is 85.1 Å². The summed E-state index contributed by atoms with van der Waals surface area (Å²) in [6.07, 6.45) is 1.48. The van der Waals surface area contributed by atoms with Crippen LogP contribution in [0.2, 0.25) is 0 Å². The summed E-state index contributed by atoms with van der Waals surface area (Å²) in [5, 5.41) is 5.31. The minimum Gasteiger partial charge on any atom is -0.461 e. The van der Waals surface area contributed by atoms with E-state index in [2.05, 4.69) is 23.8 Å². The quantitative estimate of drug-likeness (QED) is 0.605. The predicted octanol–water partition coefficient (Wildman–Crippen LogP) is 3.69. The summed E-state index contributed by atoms with van der Waals surface area (Å²) in [7, 11) is 0. The standard InChI is InChI=1S/C21H20N2O4/c1-3-12-26-20(24)18-14(2)22-21(25)23-19(18)15-8-7-11-17(13-15)27-16-9-5-4-6-10-16/h3-11,13,18-19H,1-2,12H2,(H2,22,23,25)/t18-,19+/m1/s1. The van der Waals surface area contributed by atoms with Gasteiger partial charge in [0.15, 0.2) is 0 Å². The molecule has 1 fully saturated rings. The van der Waals surface area contributed by atoms with Gasteiger partial charge in [0, 0.05) is 5.70 Å². The Morgan fingerprint density at radius 2 is 1.85 bits per heavy atom. The van der Waals surface area contributed by atoms with Gasteiger partial charge in [0.1, 0.15) is 24.0 Å². The Kier molecular flexibility index (Phi) is 5.56. The molecule has 0 bridgehead atoms. The van der Waals surface area contributed by atoms with Gasteiger partial charge < -0.3 is 20.1 Å². The number of rotatable bonds is 6. The molecule has 0 spiro atoms. The van der Waals surface area contributed by atoms with Crippen molar-refractivity contribution in [1.82, 2.24) is 10.6 Å². The number of hydrogen-bond donors (Lipinski definition) is 2. The van der Waals surface area contributed by atoms with E-state index in [4.69, 9.17) is 9.47 Å². The Hall–Kier alpha value is -3.54. The first kappa shape index (κ1) is 18.3. The van der Waals surface area contributed by atoms with Crippen molar-refractivity contribution in [3.8, 4) is 11.5 Å². The van der Waals surface area contributed by atoms with E-state index < -0.39 is 24.0 Å². The molecule has 0 unspecified atom stereocenters. The number of carbonyl (C=O) groups is 2. The molecule has 138 valence electrons. The lowest BCUT2D eigenvalue weighted by Crippen LogP contribution is -2.51. The van der Waals surface area contributed by atoms with Crippen molar-refractivity contribution < 1.29 is 19.1 Å². The normalized spacial score (nSPS) is 18.8. The third-order valence-corrected chi connectivity index (χ3v) is 4.06. The molecule has 0 radical (unpaired) electrons. The summed E-state index contributed by atoms with van der Waals surface area (Å²) in [5.41, 5.74) is 0.993. The molecular weight excluding hydrogens is 344 g/mol. The average Bonchev–Trinajstić information content (AvgIpc) is 2.66. The number of urea groups is 1. The van der Waals surface area contributed by atoms with Crippen LogP contribution in [-0.2, 0) is 9.53 Å². The van der Waals surface area contributed by atoms with Gasteiger partial charge in [-0.3, -0.25) is 4.79 Å². The molecule has 1 saturated heterocycles. The Morgan fingerprint density at radius 1 is 1.11 bits per heavy atom. The zero-order chi connectivity index (χ0) is 19.2. The minimum atomic E-state index is -0.769. The molecule has 1 heterocycles. The van der Waals surface area contributed by atoms with Gasteiger partial charge in [-0.1, -0.05) is 49.6 Å². The van der Waals surface area contributed by atoms with Gasteiger partial charge in [0.05, 0.1) is 6.04 Å². The molecule has 0 aliphatic carbocycles. The van der Waals surface area contributed by atoms with Crippen LogP contribution in [0.1, 0.15) is 11.6 Å². The van der Waals surface area contributed by atoms with Gasteiger partial charge in [-0.15, -0.1) is 0 Å². The zero-order valence-corrected chi connectivity index (χ0v) is 14.7. The van der Waals surface area contributed by atoms with Crippen LogP contribution in [0.4, 0.5) is 4.79 Å². The third kappa shape index (κ3) is 4.36.